The van der Waals surface area contributed by atoms with Crippen LogP contribution in [0.4, 0.5) is 15.9 Å². The maximum Gasteiger partial charge on any atom is 0.267 e. The maximum atomic E-state index is 12.8. The van der Waals surface area contributed by atoms with E-state index in [4.69, 9.17) is 5.73 Å². The number of sulfonamides is 1. The Labute approximate surface area is 116 Å². The van der Waals surface area contributed by atoms with E-state index in [1.54, 1.807) is 0 Å². The first kappa shape index (κ1) is 14.3. The number of hydrogen-bond donors (Lipinski definition) is 2. The monoisotopic (exact) mass is 298 g/mol. The second-order valence-corrected chi connectivity index (χ2v) is 5.90. The first-order valence-electron chi connectivity index (χ1n) is 6.03. The zero-order valence-corrected chi connectivity index (χ0v) is 11.7. The second kappa shape index (κ2) is 5.49. The van der Waals surface area contributed by atoms with Gasteiger partial charge in [0, 0.05) is 18.4 Å². The van der Waals surface area contributed by atoms with E-state index in [1.807, 2.05) is 6.92 Å². The third-order valence-corrected chi connectivity index (χ3v) is 3.99. The summed E-state index contributed by atoms with van der Waals surface area (Å²) in [6, 6.07) is 5.00. The molecule has 6 nitrogen and oxygen atoms in total. The smallest absolute Gasteiger partial charge is 0.267 e. The summed E-state index contributed by atoms with van der Waals surface area (Å²) in [5, 5.41) is 3.94. The summed E-state index contributed by atoms with van der Waals surface area (Å²) in [5.41, 5.74) is 5.88. The molecule has 0 fully saturated rings. The van der Waals surface area contributed by atoms with Crippen LogP contribution >= 0.6 is 0 Å². The van der Waals surface area contributed by atoms with E-state index in [9.17, 15) is 12.8 Å². The minimum Gasteiger partial charge on any atom is -0.381 e. The highest BCUT2D eigenvalue weighted by atomic mass is 32.2. The van der Waals surface area contributed by atoms with Gasteiger partial charge in [0.25, 0.3) is 10.0 Å². The van der Waals surface area contributed by atoms with Crippen molar-refractivity contribution >= 4 is 21.5 Å². The Morgan fingerprint density at radius 3 is 2.60 bits per heavy atom. The molecule has 0 amide bonds. The predicted molar refractivity (Wildman–Crippen MR) is 74.1 cm³/mol. The number of nitrogens with one attached hydrogen (secondary N) is 1. The normalized spacial score (nSPS) is 11.5. The van der Waals surface area contributed by atoms with Crippen LogP contribution in [0.1, 0.15) is 13.3 Å². The van der Waals surface area contributed by atoms with Gasteiger partial charge in [-0.25, -0.2) is 12.8 Å². The summed E-state index contributed by atoms with van der Waals surface area (Å²) in [6.07, 6.45) is 2.19. The summed E-state index contributed by atoms with van der Waals surface area (Å²) in [5.74, 6) is -0.503. The van der Waals surface area contributed by atoms with Crippen LogP contribution in [-0.4, -0.2) is 18.2 Å². The molecule has 1 heterocycles. The molecule has 3 N–H and O–H groups in total. The number of nitrogen functional groups attached to an aromatic ring is 1. The van der Waals surface area contributed by atoms with Gasteiger partial charge in [0.15, 0.2) is 5.82 Å². The molecule has 0 unspecified atom stereocenters. The number of aromatic nitrogens is 2. The average molecular weight is 298 g/mol. The van der Waals surface area contributed by atoms with Gasteiger partial charge in [-0.2, -0.15) is 5.10 Å². The summed E-state index contributed by atoms with van der Waals surface area (Å²) in [7, 11) is -3.84. The van der Waals surface area contributed by atoms with Crippen molar-refractivity contribution in [1.29, 1.82) is 0 Å². The molecule has 0 saturated carbocycles. The Morgan fingerprint density at radius 1 is 1.35 bits per heavy atom. The second-order valence-electron chi connectivity index (χ2n) is 4.25. The molecule has 0 aliphatic heterocycles. The van der Waals surface area contributed by atoms with Crippen LogP contribution in [0.15, 0.2) is 35.4 Å². The number of hydrogen-bond acceptors (Lipinski definition) is 4. The number of halogens is 1. The number of nitrogens with zero attached hydrogens (tertiary/aromatic N) is 2. The molecule has 0 spiro atoms. The highest BCUT2D eigenvalue weighted by Crippen LogP contribution is 2.20. The van der Waals surface area contributed by atoms with E-state index in [-0.39, 0.29) is 16.4 Å². The Morgan fingerprint density at radius 2 is 2.00 bits per heavy atom. The van der Waals surface area contributed by atoms with Gasteiger partial charge in [0.1, 0.15) is 10.7 Å². The van der Waals surface area contributed by atoms with E-state index in [1.165, 1.54) is 35.1 Å². The summed E-state index contributed by atoms with van der Waals surface area (Å²) < 4.78 is 41.0. The van der Waals surface area contributed by atoms with Crippen LogP contribution in [0.3, 0.4) is 0 Å². The Kier molecular flexibility index (Phi) is 3.93. The Hall–Kier alpha value is -2.09. The van der Waals surface area contributed by atoms with Gasteiger partial charge in [0.2, 0.25) is 0 Å². The lowest BCUT2D eigenvalue weighted by Crippen LogP contribution is -2.13. The average Bonchev–Trinajstić information content (AvgIpc) is 2.74. The molecular weight excluding hydrogens is 283 g/mol. The first-order chi connectivity index (χ1) is 9.42. The van der Waals surface area contributed by atoms with Crippen molar-refractivity contribution in [2.75, 3.05) is 10.5 Å². The van der Waals surface area contributed by atoms with Gasteiger partial charge >= 0.3 is 0 Å². The van der Waals surface area contributed by atoms with Gasteiger partial charge in [0.05, 0.1) is 0 Å². The van der Waals surface area contributed by atoms with Gasteiger partial charge in [-0.05, 0) is 30.7 Å². The minimum atomic E-state index is -3.84. The van der Waals surface area contributed by atoms with Crippen LogP contribution in [0, 0.1) is 5.82 Å². The third kappa shape index (κ3) is 3.08. The molecule has 0 aliphatic carbocycles. The van der Waals surface area contributed by atoms with Crippen LogP contribution in [0.5, 0.6) is 0 Å². The van der Waals surface area contributed by atoms with E-state index in [0.717, 1.165) is 6.42 Å². The molecule has 0 atom stereocenters. The quantitative estimate of drug-likeness (QED) is 0.881. The fraction of sp³-hybridized carbons (Fsp3) is 0.250. The fourth-order valence-corrected chi connectivity index (χ4v) is 2.83. The fourth-order valence-electron chi connectivity index (χ4n) is 1.70. The summed E-state index contributed by atoms with van der Waals surface area (Å²) in [6.45, 7) is 2.53. The van der Waals surface area contributed by atoms with Gasteiger partial charge in [-0.15, -0.1) is 0 Å². The number of rotatable bonds is 5. The maximum absolute atomic E-state index is 12.8. The Balaban J connectivity index is 2.28. The molecule has 0 saturated heterocycles. The van der Waals surface area contributed by atoms with Crippen molar-refractivity contribution in [2.45, 2.75) is 24.8 Å². The van der Waals surface area contributed by atoms with E-state index in [2.05, 4.69) is 9.82 Å². The SMILES string of the molecule is CCCn1cc(S(=O)(=O)Nc2ccc(F)cc2)c(N)n1. The van der Waals surface area contributed by atoms with Crippen molar-refractivity contribution in [2.24, 2.45) is 0 Å². The number of benzene rings is 1. The zero-order valence-electron chi connectivity index (χ0n) is 10.9. The molecule has 1 aromatic heterocycles. The third-order valence-electron chi connectivity index (χ3n) is 2.59. The lowest BCUT2D eigenvalue weighted by atomic mass is 10.3. The molecule has 2 aromatic rings. The van der Waals surface area contributed by atoms with Crippen molar-refractivity contribution in [3.8, 4) is 0 Å². The van der Waals surface area contributed by atoms with E-state index >= 15 is 0 Å². The van der Waals surface area contributed by atoms with Crippen molar-refractivity contribution in [1.82, 2.24) is 9.78 Å². The molecule has 0 radical (unpaired) electrons. The van der Waals surface area contributed by atoms with Crippen molar-refractivity contribution in [3.63, 3.8) is 0 Å². The zero-order chi connectivity index (χ0) is 14.8. The molecule has 108 valence electrons. The van der Waals surface area contributed by atoms with Gasteiger partial charge in [-0.3, -0.25) is 9.40 Å². The van der Waals surface area contributed by atoms with Gasteiger partial charge in [-0.1, -0.05) is 6.92 Å². The Bertz CT molecular complexity index is 695. The molecule has 2 rings (SSSR count). The molecule has 20 heavy (non-hydrogen) atoms. The largest absolute Gasteiger partial charge is 0.381 e. The summed E-state index contributed by atoms with van der Waals surface area (Å²) >= 11 is 0. The molecule has 0 aliphatic rings. The first-order valence-corrected chi connectivity index (χ1v) is 7.52. The van der Waals surface area contributed by atoms with Crippen LogP contribution in [0.25, 0.3) is 0 Å². The van der Waals surface area contributed by atoms with Crippen LogP contribution in [-0.2, 0) is 16.6 Å². The number of nitrogens with two attached hydrogens (primary N) is 1. The lowest BCUT2D eigenvalue weighted by Gasteiger charge is -2.06. The number of anilines is 2. The van der Waals surface area contributed by atoms with Gasteiger partial charge < -0.3 is 5.73 Å². The predicted octanol–water partition coefficient (Wildman–Crippen LogP) is 1.82. The number of aryl methyl sites for hydroxylation is 1. The highest BCUT2D eigenvalue weighted by Gasteiger charge is 2.21. The van der Waals surface area contributed by atoms with Crippen molar-refractivity contribution in [3.05, 3.63) is 36.3 Å². The lowest BCUT2D eigenvalue weighted by molar-refractivity contribution is 0.595. The van der Waals surface area contributed by atoms with Crippen molar-refractivity contribution < 1.29 is 12.8 Å². The standard InChI is InChI=1S/C12H15FN4O2S/c1-2-7-17-8-11(12(14)15-17)20(18,19)16-10-5-3-9(13)4-6-10/h3-6,8,16H,2,7H2,1H3,(H2,14,15). The topological polar surface area (TPSA) is 90.0 Å². The summed E-state index contributed by atoms with van der Waals surface area (Å²) in [4.78, 5) is -0.0877. The molecule has 0 bridgehead atoms. The van der Waals surface area contributed by atoms with E-state index in [0.29, 0.717) is 6.54 Å². The van der Waals surface area contributed by atoms with E-state index < -0.39 is 15.8 Å². The molecule has 8 heteroatoms. The highest BCUT2D eigenvalue weighted by molar-refractivity contribution is 7.92. The molecule has 1 aromatic carbocycles. The minimum absolute atomic E-state index is 0.0620. The van der Waals surface area contributed by atoms with Crippen LogP contribution in [0.2, 0.25) is 0 Å². The van der Waals surface area contributed by atoms with Crippen LogP contribution < -0.4 is 10.5 Å². The molecular formula is C12H15FN4O2S.